The van der Waals surface area contributed by atoms with E-state index >= 15 is 0 Å². The van der Waals surface area contributed by atoms with Gasteiger partial charge < -0.3 is 15.3 Å². The minimum absolute atomic E-state index is 0.00408. The molecule has 272 valence electrons. The number of benzene rings is 2. The molecular weight excluding hydrogens is 667 g/mol. The molecule has 1 atom stereocenters. The summed E-state index contributed by atoms with van der Waals surface area (Å²) in [7, 11) is -3.78. The van der Waals surface area contributed by atoms with Crippen molar-refractivity contribution in [2.24, 2.45) is 17.8 Å². The predicted octanol–water partition coefficient (Wildman–Crippen LogP) is 5.93. The fourth-order valence-corrected chi connectivity index (χ4v) is 8.24. The van der Waals surface area contributed by atoms with Crippen molar-refractivity contribution in [3.63, 3.8) is 0 Å². The Hall–Kier alpha value is -4.58. The molecule has 12 heteroatoms. The van der Waals surface area contributed by atoms with E-state index in [0.29, 0.717) is 17.1 Å². The fraction of sp³-hybridized carbons (Fsp3) is 0.462. The van der Waals surface area contributed by atoms with Gasteiger partial charge in [-0.15, -0.1) is 0 Å². The quantitative estimate of drug-likeness (QED) is 0.197. The van der Waals surface area contributed by atoms with Crippen molar-refractivity contribution in [2.45, 2.75) is 71.3 Å². The molecule has 11 nitrogen and oxygen atoms in total. The van der Waals surface area contributed by atoms with Crippen molar-refractivity contribution in [3.8, 4) is 11.4 Å². The van der Waals surface area contributed by atoms with Gasteiger partial charge in [0.15, 0.2) is 5.82 Å². The average Bonchev–Trinajstić information content (AvgIpc) is 3.13. The first-order chi connectivity index (χ1) is 24.5. The summed E-state index contributed by atoms with van der Waals surface area (Å²) < 4.78 is 25.5. The van der Waals surface area contributed by atoms with Gasteiger partial charge in [0.1, 0.15) is 13.1 Å². The first-order valence-corrected chi connectivity index (χ1v) is 19.7. The second kappa shape index (κ2) is 17.6. The number of carboxylic acid groups (broad SMARTS) is 1. The molecule has 1 saturated carbocycles. The zero-order valence-electron chi connectivity index (χ0n) is 29.5. The number of anilines is 1. The van der Waals surface area contributed by atoms with E-state index in [1.807, 2.05) is 24.5 Å². The van der Waals surface area contributed by atoms with Crippen LogP contribution >= 0.6 is 0 Å². The number of hydrogen-bond donors (Lipinski definition) is 2. The maximum atomic E-state index is 13.0. The molecule has 2 amide bonds. The molecule has 1 fully saturated rings. The van der Waals surface area contributed by atoms with E-state index in [-0.39, 0.29) is 6.54 Å². The largest absolute Gasteiger partial charge is 0.480 e. The minimum atomic E-state index is -3.78. The number of nitrogens with zero attached hydrogens (tertiary/aromatic N) is 4. The third kappa shape index (κ3) is 10.7. The molecular formula is C39H49N5O6S. The summed E-state index contributed by atoms with van der Waals surface area (Å²) in [6.45, 7) is 0.694. The Morgan fingerprint density at radius 3 is 2.16 bits per heavy atom. The summed E-state index contributed by atoms with van der Waals surface area (Å²) in [6.07, 6.45) is 18.8. The number of nitrogens with one attached hydrogen (secondary N) is 1. The molecule has 1 heterocycles. The lowest BCUT2D eigenvalue weighted by Crippen LogP contribution is -2.45. The van der Waals surface area contributed by atoms with Gasteiger partial charge in [-0.05, 0) is 73.1 Å². The van der Waals surface area contributed by atoms with Crippen LogP contribution < -0.4 is 9.62 Å². The molecule has 0 bridgehead atoms. The van der Waals surface area contributed by atoms with Gasteiger partial charge in [0, 0.05) is 30.1 Å². The number of aliphatic carboxylic acids is 1. The standard InChI is InChI=1S/C39H49N5O6S/c1-3-7-28-10-14-30(15-11-28)31-18-20-32(21-19-31)34-22-41-39(42-23-34)33-16-12-29(13-17-33)25-43(27-38(47)48)37(46)24-40-36(45)26-44(51(2,49)50)35-8-5-4-6-9-35/h4-6,8-9,12-13,16-17,20,22-23,28,30-31H,3,7,10-11,14-15,18-19,21,24-27H2,1-2H3,(H,40,45)(H,47,48)/t28-,30-,31?. The molecule has 3 aromatic rings. The molecule has 51 heavy (non-hydrogen) atoms. The molecule has 0 saturated heterocycles. The monoisotopic (exact) mass is 715 g/mol. The minimum Gasteiger partial charge on any atom is -0.480 e. The number of allylic oxidation sites excluding steroid dienone is 2. The highest BCUT2D eigenvalue weighted by atomic mass is 32.2. The lowest BCUT2D eigenvalue weighted by Gasteiger charge is -2.35. The topological polar surface area (TPSA) is 150 Å². The lowest BCUT2D eigenvalue weighted by molar-refractivity contribution is -0.144. The number of sulfonamides is 1. The van der Waals surface area contributed by atoms with Crippen LogP contribution in [0.4, 0.5) is 5.69 Å². The number of carbonyl (C=O) groups excluding carboxylic acids is 2. The van der Waals surface area contributed by atoms with Crippen LogP contribution in [0.2, 0.25) is 0 Å². The van der Waals surface area contributed by atoms with Crippen molar-refractivity contribution >= 4 is 39.1 Å². The first-order valence-electron chi connectivity index (χ1n) is 17.9. The van der Waals surface area contributed by atoms with E-state index in [1.165, 1.54) is 50.5 Å². The summed E-state index contributed by atoms with van der Waals surface area (Å²) in [6, 6.07) is 15.4. The number of rotatable bonds is 15. The van der Waals surface area contributed by atoms with Gasteiger partial charge in [-0.3, -0.25) is 18.7 Å². The van der Waals surface area contributed by atoms with Crippen molar-refractivity contribution in [1.29, 1.82) is 0 Å². The van der Waals surface area contributed by atoms with Crippen LogP contribution in [0.1, 0.15) is 75.8 Å². The van der Waals surface area contributed by atoms with Gasteiger partial charge in [-0.25, -0.2) is 18.4 Å². The Kier molecular flexibility index (Phi) is 13.0. The number of carboxylic acids is 1. The van der Waals surface area contributed by atoms with E-state index in [4.69, 9.17) is 0 Å². The smallest absolute Gasteiger partial charge is 0.323 e. The Bertz CT molecular complexity index is 1770. The summed E-state index contributed by atoms with van der Waals surface area (Å²) in [4.78, 5) is 47.6. The molecule has 0 radical (unpaired) electrons. The van der Waals surface area contributed by atoms with E-state index in [2.05, 4.69) is 28.3 Å². The maximum absolute atomic E-state index is 13.0. The van der Waals surface area contributed by atoms with Crippen LogP contribution in [0.25, 0.3) is 17.0 Å². The van der Waals surface area contributed by atoms with Crippen LogP contribution in [0.15, 0.2) is 73.1 Å². The van der Waals surface area contributed by atoms with Crippen molar-refractivity contribution in [1.82, 2.24) is 20.2 Å². The molecule has 5 rings (SSSR count). The number of carbonyl (C=O) groups is 3. The second-order valence-corrected chi connectivity index (χ2v) is 15.8. The summed E-state index contributed by atoms with van der Waals surface area (Å²) in [5, 5.41) is 11.9. The van der Waals surface area contributed by atoms with Crippen molar-refractivity contribution in [3.05, 3.63) is 84.2 Å². The predicted molar refractivity (Wildman–Crippen MR) is 198 cm³/mol. The Balaban J connectivity index is 1.14. The highest BCUT2D eigenvalue weighted by Gasteiger charge is 2.29. The molecule has 2 aliphatic carbocycles. The maximum Gasteiger partial charge on any atom is 0.323 e. The molecule has 1 aromatic heterocycles. The van der Waals surface area contributed by atoms with Gasteiger partial charge in [0.05, 0.1) is 18.5 Å². The van der Waals surface area contributed by atoms with Crippen LogP contribution in [-0.2, 0) is 31.0 Å². The van der Waals surface area contributed by atoms with E-state index < -0.39 is 47.4 Å². The van der Waals surface area contributed by atoms with Crippen molar-refractivity contribution in [2.75, 3.05) is 30.2 Å². The van der Waals surface area contributed by atoms with Crippen LogP contribution in [0.3, 0.4) is 0 Å². The zero-order chi connectivity index (χ0) is 36.4. The Labute approximate surface area is 301 Å². The number of hydrogen-bond acceptors (Lipinski definition) is 7. The highest BCUT2D eigenvalue weighted by Crippen LogP contribution is 2.42. The van der Waals surface area contributed by atoms with E-state index in [1.54, 1.807) is 42.5 Å². The summed E-state index contributed by atoms with van der Waals surface area (Å²) in [5.74, 6) is 0.625. The second-order valence-electron chi connectivity index (χ2n) is 13.9. The Morgan fingerprint density at radius 2 is 1.57 bits per heavy atom. The zero-order valence-corrected chi connectivity index (χ0v) is 30.4. The number of aromatic nitrogens is 2. The van der Waals surface area contributed by atoms with Gasteiger partial charge >= 0.3 is 5.97 Å². The molecule has 2 N–H and O–H groups in total. The fourth-order valence-electron chi connectivity index (χ4n) is 7.39. The van der Waals surface area contributed by atoms with Crippen LogP contribution in [0.5, 0.6) is 0 Å². The molecule has 2 aliphatic rings. The van der Waals surface area contributed by atoms with E-state index in [9.17, 15) is 27.9 Å². The van der Waals surface area contributed by atoms with Gasteiger partial charge in [-0.2, -0.15) is 0 Å². The van der Waals surface area contributed by atoms with Gasteiger partial charge in [-0.1, -0.05) is 81.1 Å². The lowest BCUT2D eigenvalue weighted by atomic mass is 9.70. The molecule has 1 unspecified atom stereocenters. The normalized spacial score (nSPS) is 19.1. The van der Waals surface area contributed by atoms with Crippen LogP contribution in [-0.4, -0.2) is 72.1 Å². The first kappa shape index (κ1) is 37.7. The Morgan fingerprint density at radius 1 is 0.882 bits per heavy atom. The summed E-state index contributed by atoms with van der Waals surface area (Å²) in [5.41, 5.74) is 4.15. The summed E-state index contributed by atoms with van der Waals surface area (Å²) >= 11 is 0. The SMILES string of the molecule is CCC[C@H]1CC[C@H](C2CC=C(c3cnc(-c4ccc(CN(CC(=O)O)C(=O)CNC(=O)CN(c5ccccc5)S(C)(=O)=O)cc4)nc3)CC2)CC1. The van der Waals surface area contributed by atoms with Gasteiger partial charge in [0.2, 0.25) is 21.8 Å². The molecule has 0 aliphatic heterocycles. The highest BCUT2D eigenvalue weighted by molar-refractivity contribution is 7.92. The van der Waals surface area contributed by atoms with E-state index in [0.717, 1.165) is 57.2 Å². The number of para-hydroxylation sites is 1. The van der Waals surface area contributed by atoms with Crippen LogP contribution in [0, 0.1) is 17.8 Å². The van der Waals surface area contributed by atoms with Crippen molar-refractivity contribution < 1.29 is 27.9 Å². The van der Waals surface area contributed by atoms with Gasteiger partial charge in [0.25, 0.3) is 0 Å². The number of amides is 2. The third-order valence-electron chi connectivity index (χ3n) is 10.2. The third-order valence-corrected chi connectivity index (χ3v) is 11.3. The molecule has 0 spiro atoms. The molecule has 2 aromatic carbocycles. The average molecular weight is 716 g/mol.